The highest BCUT2D eigenvalue weighted by molar-refractivity contribution is 5.74. The average molecular weight is 1190 g/mol. The molecule has 5 aliphatic carbocycles. The van der Waals surface area contributed by atoms with Crippen LogP contribution < -0.4 is 0 Å². The van der Waals surface area contributed by atoms with Gasteiger partial charge in [0.1, 0.15) is 85.5 Å². The van der Waals surface area contributed by atoms with Gasteiger partial charge in [0.2, 0.25) is 6.29 Å². The van der Waals surface area contributed by atoms with Crippen molar-refractivity contribution in [1.82, 2.24) is 0 Å². The van der Waals surface area contributed by atoms with Crippen molar-refractivity contribution in [1.29, 1.82) is 0 Å². The first-order valence-corrected chi connectivity index (χ1v) is 29.8. The van der Waals surface area contributed by atoms with Crippen molar-refractivity contribution in [3.05, 3.63) is 11.6 Å². The van der Waals surface area contributed by atoms with Gasteiger partial charge in [-0.25, -0.2) is 4.79 Å². The molecule has 0 radical (unpaired) electrons. The summed E-state index contributed by atoms with van der Waals surface area (Å²) in [6.45, 7) is 16.0. The summed E-state index contributed by atoms with van der Waals surface area (Å²) in [5, 5.41) is 152. The van der Waals surface area contributed by atoms with E-state index in [1.165, 1.54) is 12.5 Å². The maximum atomic E-state index is 14.9. The third kappa shape index (κ3) is 11.2. The molecule has 5 heterocycles. The second-order valence-electron chi connectivity index (χ2n) is 28.5. The predicted octanol–water partition coefficient (Wildman–Crippen LogP) is -1.68. The Morgan fingerprint density at radius 2 is 1.20 bits per heavy atom. The van der Waals surface area contributed by atoms with Crippen LogP contribution in [0.2, 0.25) is 0 Å². The Bertz CT molecular complexity index is 2360. The summed E-state index contributed by atoms with van der Waals surface area (Å²) in [7, 11) is 0. The third-order valence-electron chi connectivity index (χ3n) is 22.2. The van der Waals surface area contributed by atoms with Crippen LogP contribution in [0.4, 0.5) is 0 Å². The highest BCUT2D eigenvalue weighted by Gasteiger charge is 2.70. The summed E-state index contributed by atoms with van der Waals surface area (Å²) in [6.07, 6.45) is -27.8. The monoisotopic (exact) mass is 1190 g/mol. The lowest BCUT2D eigenvalue weighted by atomic mass is 9.32. The van der Waals surface area contributed by atoms with Crippen molar-refractivity contribution < 1.29 is 124 Å². The van der Waals surface area contributed by atoms with Crippen molar-refractivity contribution in [3.63, 3.8) is 0 Å². The first-order valence-electron chi connectivity index (χ1n) is 29.8. The Morgan fingerprint density at radius 3 is 1.88 bits per heavy atom. The average Bonchev–Trinajstić information content (AvgIpc) is 0.751. The lowest BCUT2D eigenvalue weighted by Gasteiger charge is -2.72. The van der Waals surface area contributed by atoms with Crippen molar-refractivity contribution >= 4 is 11.9 Å². The molecular formula is C58H92O25. The van der Waals surface area contributed by atoms with Gasteiger partial charge in [-0.05, 0) is 115 Å². The number of carboxylic acids is 1. The van der Waals surface area contributed by atoms with Crippen LogP contribution in [0.3, 0.4) is 0 Å². The maximum Gasteiger partial charge on any atom is 0.335 e. The van der Waals surface area contributed by atoms with Crippen LogP contribution in [0.1, 0.15) is 113 Å². The number of carbonyl (C=O) groups is 2. The van der Waals surface area contributed by atoms with Crippen LogP contribution in [-0.4, -0.2) is 244 Å². The second kappa shape index (κ2) is 23.3. The third-order valence-corrected chi connectivity index (χ3v) is 22.2. The number of aliphatic carboxylic acids is 1. The van der Waals surface area contributed by atoms with Crippen LogP contribution >= 0.6 is 0 Å². The zero-order chi connectivity index (χ0) is 60.5. The summed E-state index contributed by atoms with van der Waals surface area (Å²) in [5.41, 5.74) is -0.364. The van der Waals surface area contributed by atoms with E-state index >= 15 is 0 Å². The number of carboxylic acid groups (broad SMARTS) is 1. The summed E-state index contributed by atoms with van der Waals surface area (Å²) in [5.74, 6) is -3.27. The van der Waals surface area contributed by atoms with E-state index < -0.39 is 196 Å². The van der Waals surface area contributed by atoms with Gasteiger partial charge in [0.25, 0.3) is 0 Å². The molecule has 0 spiro atoms. The normalized spacial score (nSPS) is 54.2. The molecule has 10 rings (SSSR count). The predicted molar refractivity (Wildman–Crippen MR) is 281 cm³/mol. The van der Waals surface area contributed by atoms with Gasteiger partial charge in [-0.15, -0.1) is 0 Å². The Hall–Kier alpha value is -2.16. The SMILES string of the molecule is C[C@@H]1OC(O[C@H]2C(OC(=O)C3CC(C)(C)C[C@H]4C5=CCC6[C@@]7(C)CC[C@H](CC8OC(C(=O)O)[C@@H](O)[C@H](O)[C@H]8O)CC7C(C)(C)C[C@@]6(C)[C@]5(C)C[C@@H](O)C34)OC[C@H](O)[C@@H]2O)[C@H](O)[C@H](O)[C@H]1OC1OC[C@@H](O)[C@H](OC2OC[C@@H](O)[C@H](O)[C@H]2O)[C@H]1O. The zero-order valence-electron chi connectivity index (χ0n) is 48.6. The van der Waals surface area contributed by atoms with E-state index in [1.54, 1.807) is 0 Å². The maximum absolute atomic E-state index is 14.9. The van der Waals surface area contributed by atoms with Gasteiger partial charge in [0.05, 0.1) is 44.1 Å². The minimum Gasteiger partial charge on any atom is -0.479 e. The summed E-state index contributed by atoms with van der Waals surface area (Å²) >= 11 is 0. The van der Waals surface area contributed by atoms with Gasteiger partial charge in [-0.1, -0.05) is 60.1 Å². The number of esters is 1. The van der Waals surface area contributed by atoms with E-state index in [1.807, 2.05) is 0 Å². The number of fused-ring (bicyclic) bond motifs is 7. The Kier molecular flexibility index (Phi) is 17.9. The summed E-state index contributed by atoms with van der Waals surface area (Å²) in [6, 6.07) is 0. The number of aliphatic hydroxyl groups is 13. The summed E-state index contributed by atoms with van der Waals surface area (Å²) in [4.78, 5) is 26.9. The van der Waals surface area contributed by atoms with Gasteiger partial charge in [0, 0.05) is 5.92 Å². The van der Waals surface area contributed by atoms with E-state index in [-0.39, 0.29) is 39.9 Å². The number of allylic oxidation sites excluding steroid dienone is 2. The molecule has 9 fully saturated rings. The van der Waals surface area contributed by atoms with Gasteiger partial charge < -0.3 is 114 Å². The first-order chi connectivity index (χ1) is 38.7. The summed E-state index contributed by atoms with van der Waals surface area (Å²) < 4.78 is 52.2. The minimum atomic E-state index is -1.94. The fourth-order valence-corrected chi connectivity index (χ4v) is 18.1. The molecule has 14 N–H and O–H groups in total. The number of ether oxygens (including phenoxy) is 9. The molecule has 0 aromatic heterocycles. The number of hydrogen-bond acceptors (Lipinski definition) is 24. The van der Waals surface area contributed by atoms with Crippen molar-refractivity contribution in [2.45, 2.75) is 254 Å². The second-order valence-corrected chi connectivity index (χ2v) is 28.5. The quantitative estimate of drug-likeness (QED) is 0.0811. The van der Waals surface area contributed by atoms with Gasteiger partial charge in [-0.2, -0.15) is 0 Å². The molecule has 0 aromatic rings. The smallest absolute Gasteiger partial charge is 0.335 e. The van der Waals surface area contributed by atoms with Crippen LogP contribution in [0.5, 0.6) is 0 Å². The number of carbonyl (C=O) groups excluding carboxylic acids is 1. The van der Waals surface area contributed by atoms with Crippen molar-refractivity contribution in [2.75, 3.05) is 19.8 Å². The van der Waals surface area contributed by atoms with Crippen LogP contribution in [-0.2, 0) is 52.2 Å². The van der Waals surface area contributed by atoms with Gasteiger partial charge in [-0.3, -0.25) is 4.79 Å². The highest BCUT2D eigenvalue weighted by atomic mass is 16.8. The molecule has 83 heavy (non-hydrogen) atoms. The minimum absolute atomic E-state index is 0.0638. The largest absolute Gasteiger partial charge is 0.479 e. The molecule has 0 bridgehead atoms. The van der Waals surface area contributed by atoms with Crippen molar-refractivity contribution in [3.8, 4) is 0 Å². The highest BCUT2D eigenvalue weighted by Crippen LogP contribution is 2.76. The van der Waals surface area contributed by atoms with Crippen LogP contribution in [0, 0.1) is 62.6 Å². The molecule has 25 nitrogen and oxygen atoms in total. The van der Waals surface area contributed by atoms with Gasteiger partial charge in [0.15, 0.2) is 31.1 Å². The van der Waals surface area contributed by atoms with Crippen LogP contribution in [0.15, 0.2) is 11.6 Å². The molecule has 25 heteroatoms. The lowest BCUT2D eigenvalue weighted by molar-refractivity contribution is -0.375. The molecule has 474 valence electrons. The van der Waals surface area contributed by atoms with E-state index in [2.05, 4.69) is 54.5 Å². The van der Waals surface area contributed by atoms with E-state index in [0.717, 1.165) is 32.1 Å². The van der Waals surface area contributed by atoms with Gasteiger partial charge >= 0.3 is 11.9 Å². The number of aliphatic hydroxyl groups excluding tert-OH is 13. The molecule has 5 aliphatic heterocycles. The Labute approximate surface area is 482 Å². The molecule has 10 unspecified atom stereocenters. The Balaban J connectivity index is 0.818. The molecule has 0 amide bonds. The Morgan fingerprint density at radius 1 is 0.602 bits per heavy atom. The molecule has 32 atom stereocenters. The molecular weight excluding hydrogens is 1100 g/mol. The zero-order valence-corrected chi connectivity index (χ0v) is 48.6. The molecule has 4 saturated carbocycles. The number of hydrogen-bond donors (Lipinski definition) is 14. The standard InChI is InChI=1S/C58H92O25/c1-22-44(80-51-43(71)45(30(62)20-76-51)81-50-41(69)35(63)28(60)18-75-50)40(68)42(70)52(78-22)82-47-36(64)29(61)19-77-53(47)83-49(74)25-16-54(2,3)15-24-26-9-10-32-56(6)12-11-23(13-31-37(65)38(66)39(67)46(79-31)48(72)73)14-33(56)55(4,5)21-58(32,8)57(26,7)17-27(59)34(24)25/h9,22-25,27-47,50-53,59-71H,10-21H2,1-8H3,(H,72,73)/t22-,23+,24-,25?,27+,28+,29-,30+,31?,32?,33?,34?,35-,36-,37-,38+,39-,40-,41+,42+,43+,44-,45-,46?,47+,50?,51?,52?,53?,56+,57+,58+/m0/s1. The van der Waals surface area contributed by atoms with E-state index in [9.17, 15) is 81.1 Å². The number of rotatable bonds is 11. The van der Waals surface area contributed by atoms with Crippen molar-refractivity contribution in [2.24, 2.45) is 62.6 Å². The van der Waals surface area contributed by atoms with Crippen LogP contribution in [0.25, 0.3) is 0 Å². The molecule has 0 aromatic carbocycles. The molecule has 5 saturated heterocycles. The fraction of sp³-hybridized carbons (Fsp3) is 0.931. The first kappa shape index (κ1) is 63.8. The van der Waals surface area contributed by atoms with E-state index in [4.69, 9.17) is 42.6 Å². The molecule has 10 aliphatic rings. The fourth-order valence-electron chi connectivity index (χ4n) is 18.1. The van der Waals surface area contributed by atoms with E-state index in [0.29, 0.717) is 25.7 Å². The topological polar surface area (TPSA) is 400 Å². The lowest BCUT2D eigenvalue weighted by Crippen LogP contribution is -2.66.